The summed E-state index contributed by atoms with van der Waals surface area (Å²) in [6.07, 6.45) is -4.14. The van der Waals surface area contributed by atoms with E-state index in [1.54, 1.807) is 6.92 Å². The van der Waals surface area contributed by atoms with Crippen LogP contribution in [0.1, 0.15) is 43.2 Å². The summed E-state index contributed by atoms with van der Waals surface area (Å²) in [7, 11) is 0. The lowest BCUT2D eigenvalue weighted by atomic mass is 9.84. The van der Waals surface area contributed by atoms with Gasteiger partial charge in [0.15, 0.2) is 0 Å². The maximum atomic E-state index is 13.2. The molecule has 35 heavy (non-hydrogen) atoms. The van der Waals surface area contributed by atoms with Gasteiger partial charge < -0.3 is 20.1 Å². The lowest BCUT2D eigenvalue weighted by Gasteiger charge is -2.26. The summed E-state index contributed by atoms with van der Waals surface area (Å²) in [6.45, 7) is 1.75. The Balaban J connectivity index is 1.43. The minimum Gasteiger partial charge on any atom is -0.481 e. The Morgan fingerprint density at radius 3 is 2.23 bits per heavy atom. The van der Waals surface area contributed by atoms with Crippen molar-refractivity contribution >= 4 is 18.0 Å². The van der Waals surface area contributed by atoms with Gasteiger partial charge in [0, 0.05) is 25.4 Å². The Morgan fingerprint density at radius 2 is 1.71 bits per heavy atom. The van der Waals surface area contributed by atoms with Crippen LogP contribution in [0.25, 0.3) is 11.1 Å². The number of rotatable bonds is 8. The van der Waals surface area contributed by atoms with E-state index in [0.717, 1.165) is 22.3 Å². The van der Waals surface area contributed by atoms with Gasteiger partial charge in [-0.15, -0.1) is 0 Å². The topological polar surface area (TPSA) is 95.9 Å². The zero-order valence-corrected chi connectivity index (χ0v) is 19.4. The van der Waals surface area contributed by atoms with Crippen molar-refractivity contribution in [2.75, 3.05) is 19.7 Å². The van der Waals surface area contributed by atoms with Crippen LogP contribution in [-0.4, -0.2) is 60.1 Å². The van der Waals surface area contributed by atoms with E-state index in [2.05, 4.69) is 5.32 Å². The number of ether oxygens (including phenoxy) is 1. The number of nitrogens with zero attached hydrogens (tertiary/aromatic N) is 1. The average Bonchev–Trinajstić information content (AvgIpc) is 3.42. The number of nitrogens with one attached hydrogen (secondary N) is 1. The number of aliphatic carboxylic acids is 1. The standard InChI is InChI=1S/C26H28F2N2O5/c1-2-26(24(32)33)11-12-30(15-26)23(31)21(13-22(27)28)29-25(34)35-14-20-18-9-5-3-7-16(18)17-8-4-6-10-19(17)20/h3-10,20-22H,2,11-15H2,1H3,(H,29,34)(H,32,33). The summed E-state index contributed by atoms with van der Waals surface area (Å²) in [5.41, 5.74) is 3.01. The zero-order valence-electron chi connectivity index (χ0n) is 19.4. The molecule has 2 atom stereocenters. The average molecular weight is 487 g/mol. The molecule has 2 unspecified atom stereocenters. The van der Waals surface area contributed by atoms with E-state index in [0.29, 0.717) is 6.42 Å². The Hall–Kier alpha value is -3.49. The van der Waals surface area contributed by atoms with Gasteiger partial charge in [0.2, 0.25) is 12.3 Å². The molecule has 1 fully saturated rings. The summed E-state index contributed by atoms with van der Waals surface area (Å²) in [4.78, 5) is 38.5. The third kappa shape index (κ3) is 4.85. The number of alkyl halides is 2. The zero-order chi connectivity index (χ0) is 25.2. The van der Waals surface area contributed by atoms with E-state index >= 15 is 0 Å². The highest BCUT2D eigenvalue weighted by atomic mass is 19.3. The fourth-order valence-electron chi connectivity index (χ4n) is 5.08. The number of fused-ring (bicyclic) bond motifs is 3. The number of carboxylic acids is 1. The molecule has 2 aromatic carbocycles. The van der Waals surface area contributed by atoms with Gasteiger partial charge >= 0.3 is 12.1 Å². The smallest absolute Gasteiger partial charge is 0.407 e. The summed E-state index contributed by atoms with van der Waals surface area (Å²) < 4.78 is 31.9. The van der Waals surface area contributed by atoms with Crippen LogP contribution in [0.5, 0.6) is 0 Å². The molecule has 7 nitrogen and oxygen atoms in total. The Kier molecular flexibility index (Phi) is 7.05. The van der Waals surface area contributed by atoms with Gasteiger partial charge in [0.1, 0.15) is 12.6 Å². The van der Waals surface area contributed by atoms with Crippen molar-refractivity contribution in [1.29, 1.82) is 0 Å². The van der Waals surface area contributed by atoms with Crippen LogP contribution >= 0.6 is 0 Å². The van der Waals surface area contributed by atoms with Gasteiger partial charge in [0.25, 0.3) is 0 Å². The van der Waals surface area contributed by atoms with E-state index in [1.807, 2.05) is 48.5 Å². The van der Waals surface area contributed by atoms with Crippen molar-refractivity contribution in [2.24, 2.45) is 5.41 Å². The van der Waals surface area contributed by atoms with E-state index in [9.17, 15) is 28.3 Å². The summed E-state index contributed by atoms with van der Waals surface area (Å²) in [5, 5.41) is 11.9. The summed E-state index contributed by atoms with van der Waals surface area (Å²) in [5.74, 6) is -1.96. The summed E-state index contributed by atoms with van der Waals surface area (Å²) >= 11 is 0. The number of hydrogen-bond donors (Lipinski definition) is 2. The Morgan fingerprint density at radius 1 is 1.11 bits per heavy atom. The fraction of sp³-hybridized carbons (Fsp3) is 0.423. The number of alkyl carbamates (subject to hydrolysis) is 1. The molecule has 2 aromatic rings. The maximum absolute atomic E-state index is 13.2. The highest BCUT2D eigenvalue weighted by Crippen LogP contribution is 2.44. The largest absolute Gasteiger partial charge is 0.481 e. The number of hydrogen-bond acceptors (Lipinski definition) is 4. The molecule has 0 spiro atoms. The molecule has 0 aromatic heterocycles. The quantitative estimate of drug-likeness (QED) is 0.581. The lowest BCUT2D eigenvalue weighted by Crippen LogP contribution is -2.50. The molecule has 1 heterocycles. The van der Waals surface area contributed by atoms with Crippen LogP contribution < -0.4 is 5.32 Å². The molecule has 0 saturated carbocycles. The minimum atomic E-state index is -2.84. The van der Waals surface area contributed by atoms with Crippen LogP contribution in [0.4, 0.5) is 13.6 Å². The molecular weight excluding hydrogens is 458 g/mol. The van der Waals surface area contributed by atoms with Gasteiger partial charge in [-0.3, -0.25) is 9.59 Å². The van der Waals surface area contributed by atoms with Gasteiger partial charge in [-0.2, -0.15) is 0 Å². The van der Waals surface area contributed by atoms with Gasteiger partial charge in [-0.1, -0.05) is 55.5 Å². The first-order chi connectivity index (χ1) is 16.8. The minimum absolute atomic E-state index is 0.0167. The molecule has 1 aliphatic carbocycles. The highest BCUT2D eigenvalue weighted by Gasteiger charge is 2.46. The number of carboxylic acid groups (broad SMARTS) is 1. The second-order valence-corrected chi connectivity index (χ2v) is 9.10. The number of likely N-dealkylation sites (tertiary alicyclic amines) is 1. The van der Waals surface area contributed by atoms with Gasteiger partial charge in [0.05, 0.1) is 5.41 Å². The van der Waals surface area contributed by atoms with Crippen molar-refractivity contribution in [3.05, 3.63) is 59.7 Å². The van der Waals surface area contributed by atoms with E-state index in [4.69, 9.17) is 4.74 Å². The Bertz CT molecular complexity index is 1080. The number of halogens is 2. The third-order valence-corrected chi connectivity index (χ3v) is 7.14. The van der Waals surface area contributed by atoms with Crippen LogP contribution in [0, 0.1) is 5.41 Å². The molecule has 1 saturated heterocycles. The van der Waals surface area contributed by atoms with Crippen molar-refractivity contribution in [3.63, 3.8) is 0 Å². The molecule has 0 bridgehead atoms. The number of amides is 2. The first kappa shape index (κ1) is 24.6. The maximum Gasteiger partial charge on any atom is 0.407 e. The lowest BCUT2D eigenvalue weighted by molar-refractivity contribution is -0.148. The second kappa shape index (κ2) is 10.0. The van der Waals surface area contributed by atoms with Crippen LogP contribution in [0.15, 0.2) is 48.5 Å². The predicted octanol–water partition coefficient (Wildman–Crippen LogP) is 4.26. The highest BCUT2D eigenvalue weighted by molar-refractivity contribution is 5.87. The van der Waals surface area contributed by atoms with Crippen molar-refractivity contribution in [2.45, 2.75) is 44.6 Å². The molecule has 2 N–H and O–H groups in total. The van der Waals surface area contributed by atoms with E-state index in [-0.39, 0.29) is 32.0 Å². The first-order valence-corrected chi connectivity index (χ1v) is 11.7. The van der Waals surface area contributed by atoms with Crippen LogP contribution in [-0.2, 0) is 14.3 Å². The van der Waals surface area contributed by atoms with Gasteiger partial charge in [-0.05, 0) is 35.1 Å². The fourth-order valence-corrected chi connectivity index (χ4v) is 5.08. The molecular formula is C26H28F2N2O5. The van der Waals surface area contributed by atoms with Crippen molar-refractivity contribution in [3.8, 4) is 11.1 Å². The normalized spacial score (nSPS) is 19.8. The number of carbonyl (C=O) groups excluding carboxylic acids is 2. The predicted molar refractivity (Wildman–Crippen MR) is 124 cm³/mol. The van der Waals surface area contributed by atoms with Crippen molar-refractivity contribution in [1.82, 2.24) is 10.2 Å². The number of carbonyl (C=O) groups is 3. The SMILES string of the molecule is CCC1(C(=O)O)CCN(C(=O)C(CC(F)F)NC(=O)OCC2c3ccccc3-c3ccccc32)C1. The molecule has 9 heteroatoms. The van der Waals surface area contributed by atoms with Gasteiger partial charge in [-0.25, -0.2) is 13.6 Å². The molecule has 0 radical (unpaired) electrons. The summed E-state index contributed by atoms with van der Waals surface area (Å²) in [6, 6.07) is 14.1. The Labute approximate surface area is 202 Å². The molecule has 186 valence electrons. The second-order valence-electron chi connectivity index (χ2n) is 9.10. The number of benzene rings is 2. The van der Waals surface area contributed by atoms with E-state index < -0.39 is 42.3 Å². The molecule has 1 aliphatic heterocycles. The molecule has 2 aliphatic rings. The first-order valence-electron chi connectivity index (χ1n) is 11.7. The van der Waals surface area contributed by atoms with Crippen molar-refractivity contribution < 1.29 is 33.0 Å². The molecule has 2 amide bonds. The van der Waals surface area contributed by atoms with Crippen LogP contribution in [0.2, 0.25) is 0 Å². The van der Waals surface area contributed by atoms with Crippen LogP contribution in [0.3, 0.4) is 0 Å². The third-order valence-electron chi connectivity index (χ3n) is 7.14. The monoisotopic (exact) mass is 486 g/mol. The van der Waals surface area contributed by atoms with E-state index in [1.165, 1.54) is 4.90 Å². The molecule has 4 rings (SSSR count).